The van der Waals surface area contributed by atoms with E-state index in [-0.39, 0.29) is 19.1 Å². The van der Waals surface area contributed by atoms with E-state index in [1.165, 1.54) is 0 Å². The average molecular weight is 188 g/mol. The first-order chi connectivity index (χ1) is 6.10. The lowest BCUT2D eigenvalue weighted by Gasteiger charge is -1.97. The molecule has 1 aliphatic rings. The van der Waals surface area contributed by atoms with E-state index >= 15 is 0 Å². The molecular formula is C8H12O5. The van der Waals surface area contributed by atoms with E-state index in [1.807, 2.05) is 0 Å². The molecule has 0 aromatic carbocycles. The van der Waals surface area contributed by atoms with Gasteiger partial charge in [-0.25, -0.2) is 9.59 Å². The molecule has 0 aliphatic carbocycles. The van der Waals surface area contributed by atoms with Crippen LogP contribution in [0.4, 0.5) is 0 Å². The molecule has 13 heavy (non-hydrogen) atoms. The summed E-state index contributed by atoms with van der Waals surface area (Å²) in [6, 6.07) is 0. The Kier molecular flexibility index (Phi) is 5.75. The van der Waals surface area contributed by atoms with E-state index in [4.69, 9.17) is 10.2 Å². The van der Waals surface area contributed by atoms with E-state index in [9.17, 15) is 9.59 Å². The summed E-state index contributed by atoms with van der Waals surface area (Å²) < 4.78 is 3.97. The van der Waals surface area contributed by atoms with Gasteiger partial charge in [0, 0.05) is 31.3 Å². The lowest BCUT2D eigenvalue weighted by atomic mass is 10.2. The van der Waals surface area contributed by atoms with Crippen LogP contribution in [0.3, 0.4) is 0 Å². The van der Waals surface area contributed by atoms with Gasteiger partial charge in [-0.3, -0.25) is 0 Å². The van der Waals surface area contributed by atoms with E-state index < -0.39 is 11.9 Å². The van der Waals surface area contributed by atoms with Crippen molar-refractivity contribution in [3.05, 3.63) is 12.2 Å². The van der Waals surface area contributed by atoms with Crippen LogP contribution in [0.5, 0.6) is 0 Å². The zero-order chi connectivity index (χ0) is 10.3. The third-order valence-corrected chi connectivity index (χ3v) is 1.18. The molecule has 0 fully saturated rings. The predicted octanol–water partition coefficient (Wildman–Crippen LogP) is -0.767. The van der Waals surface area contributed by atoms with Crippen molar-refractivity contribution < 1.29 is 24.5 Å². The van der Waals surface area contributed by atoms with Gasteiger partial charge < -0.3 is 14.9 Å². The number of cyclic esters (lactones) is 2. The molecule has 0 atom stereocenters. The van der Waals surface area contributed by atoms with Gasteiger partial charge in [0.1, 0.15) is 0 Å². The summed E-state index contributed by atoms with van der Waals surface area (Å²) in [4.78, 5) is 19.8. The number of carbonyl (C=O) groups is 2. The molecule has 0 saturated heterocycles. The first-order valence-electron chi connectivity index (χ1n) is 3.75. The third-order valence-electron chi connectivity index (χ3n) is 1.18. The van der Waals surface area contributed by atoms with Gasteiger partial charge in [0.25, 0.3) is 0 Å². The topological polar surface area (TPSA) is 83.8 Å². The first-order valence-corrected chi connectivity index (χ1v) is 3.75. The van der Waals surface area contributed by atoms with Gasteiger partial charge in [-0.2, -0.15) is 0 Å². The van der Waals surface area contributed by atoms with E-state index in [0.29, 0.717) is 0 Å². The molecule has 1 aliphatic heterocycles. The van der Waals surface area contributed by atoms with Crippen LogP contribution in [-0.2, 0) is 14.3 Å². The van der Waals surface area contributed by atoms with Crippen LogP contribution in [-0.4, -0.2) is 35.4 Å². The smallest absolute Gasteiger partial charge is 0.338 e. The number of rotatable bonds is 2. The monoisotopic (exact) mass is 188 g/mol. The van der Waals surface area contributed by atoms with Gasteiger partial charge in [0.15, 0.2) is 0 Å². The Morgan fingerprint density at radius 2 is 1.62 bits per heavy atom. The molecule has 1 rings (SSSR count). The Bertz CT molecular complexity index is 189. The predicted molar refractivity (Wildman–Crippen MR) is 43.6 cm³/mol. The number of esters is 2. The standard InChI is InChI=1S/C4H2O3.C4H10O2/c5-3-1-2-4(6)7-3;1-4(2-5)3-6/h1-2H;4-6H,2-3H2,1H3. The van der Waals surface area contributed by atoms with Gasteiger partial charge in [-0.15, -0.1) is 0 Å². The van der Waals surface area contributed by atoms with Crippen molar-refractivity contribution in [1.29, 1.82) is 0 Å². The largest absolute Gasteiger partial charge is 0.396 e. The van der Waals surface area contributed by atoms with E-state index in [1.54, 1.807) is 6.92 Å². The van der Waals surface area contributed by atoms with Gasteiger partial charge >= 0.3 is 11.9 Å². The van der Waals surface area contributed by atoms with Gasteiger partial charge in [0.05, 0.1) is 0 Å². The zero-order valence-electron chi connectivity index (χ0n) is 7.27. The summed E-state index contributed by atoms with van der Waals surface area (Å²) in [5, 5.41) is 16.3. The first kappa shape index (κ1) is 11.8. The highest BCUT2D eigenvalue weighted by Crippen LogP contribution is 1.92. The molecule has 5 heteroatoms. The van der Waals surface area contributed by atoms with Crippen LogP contribution >= 0.6 is 0 Å². The molecule has 2 N–H and O–H groups in total. The minimum atomic E-state index is -0.579. The number of carbonyl (C=O) groups excluding carboxylic acids is 2. The van der Waals surface area contributed by atoms with Crippen LogP contribution in [0, 0.1) is 5.92 Å². The Labute approximate surface area is 75.6 Å². The highest BCUT2D eigenvalue weighted by Gasteiger charge is 2.10. The van der Waals surface area contributed by atoms with Crippen molar-refractivity contribution in [1.82, 2.24) is 0 Å². The van der Waals surface area contributed by atoms with Gasteiger partial charge in [-0.1, -0.05) is 6.92 Å². The average Bonchev–Trinajstić information content (AvgIpc) is 2.49. The molecule has 0 amide bonds. The Hall–Kier alpha value is -1.20. The van der Waals surface area contributed by atoms with Crippen LogP contribution in [0.25, 0.3) is 0 Å². The third kappa shape index (κ3) is 6.01. The maximum absolute atomic E-state index is 9.92. The minimum Gasteiger partial charge on any atom is -0.396 e. The number of hydrogen-bond acceptors (Lipinski definition) is 5. The molecule has 0 saturated carbocycles. The Morgan fingerprint density at radius 3 is 1.69 bits per heavy atom. The maximum atomic E-state index is 9.92. The quantitative estimate of drug-likeness (QED) is 0.439. The molecule has 0 aromatic rings. The highest BCUT2D eigenvalue weighted by atomic mass is 16.6. The van der Waals surface area contributed by atoms with Crippen molar-refractivity contribution in [3.63, 3.8) is 0 Å². The summed E-state index contributed by atoms with van der Waals surface area (Å²) in [7, 11) is 0. The fourth-order valence-corrected chi connectivity index (χ4v) is 0.361. The molecule has 0 radical (unpaired) electrons. The van der Waals surface area contributed by atoms with Crippen molar-refractivity contribution in [2.45, 2.75) is 6.92 Å². The second-order valence-electron chi connectivity index (χ2n) is 2.54. The molecule has 5 nitrogen and oxygen atoms in total. The van der Waals surface area contributed by atoms with Crippen molar-refractivity contribution in [2.75, 3.05) is 13.2 Å². The summed E-state index contributed by atoms with van der Waals surface area (Å²) in [5.41, 5.74) is 0. The zero-order valence-corrected chi connectivity index (χ0v) is 7.27. The van der Waals surface area contributed by atoms with Crippen LogP contribution in [0.2, 0.25) is 0 Å². The molecule has 0 unspecified atom stereocenters. The molecule has 1 heterocycles. The highest BCUT2D eigenvalue weighted by molar-refractivity contribution is 6.04. The Morgan fingerprint density at radius 1 is 1.23 bits per heavy atom. The summed E-state index contributed by atoms with van der Waals surface area (Å²) >= 11 is 0. The molecule has 74 valence electrons. The van der Waals surface area contributed by atoms with E-state index in [2.05, 4.69) is 4.74 Å². The maximum Gasteiger partial charge on any atom is 0.338 e. The molecule has 0 aromatic heterocycles. The van der Waals surface area contributed by atoms with Crippen molar-refractivity contribution >= 4 is 11.9 Å². The van der Waals surface area contributed by atoms with Gasteiger partial charge in [0.2, 0.25) is 0 Å². The fourth-order valence-electron chi connectivity index (χ4n) is 0.361. The van der Waals surface area contributed by atoms with E-state index in [0.717, 1.165) is 12.2 Å². The molecule has 0 bridgehead atoms. The number of aliphatic hydroxyl groups is 2. The SMILES string of the molecule is CC(CO)CO.O=C1C=CC(=O)O1. The van der Waals surface area contributed by atoms with Crippen LogP contribution in [0.15, 0.2) is 12.2 Å². The lowest BCUT2D eigenvalue weighted by Crippen LogP contribution is -2.04. The van der Waals surface area contributed by atoms with Gasteiger partial charge in [-0.05, 0) is 0 Å². The summed E-state index contributed by atoms with van der Waals surface area (Å²) in [6.07, 6.45) is 2.17. The van der Waals surface area contributed by atoms with Crippen LogP contribution < -0.4 is 0 Å². The minimum absolute atomic E-state index is 0.0463. The number of ether oxygens (including phenoxy) is 1. The number of hydrogen-bond donors (Lipinski definition) is 2. The molecule has 0 spiro atoms. The normalized spacial score (nSPS) is 14.2. The van der Waals surface area contributed by atoms with Crippen molar-refractivity contribution in [3.8, 4) is 0 Å². The lowest BCUT2D eigenvalue weighted by molar-refractivity contribution is -0.150. The molecular weight excluding hydrogens is 176 g/mol. The second-order valence-corrected chi connectivity index (χ2v) is 2.54. The second kappa shape index (κ2) is 6.33. The summed E-state index contributed by atoms with van der Waals surface area (Å²) in [6.45, 7) is 1.94. The number of aliphatic hydroxyl groups excluding tert-OH is 2. The fraction of sp³-hybridized carbons (Fsp3) is 0.500. The van der Waals surface area contributed by atoms with Crippen LogP contribution in [0.1, 0.15) is 6.92 Å². The Balaban J connectivity index is 0.000000226. The summed E-state index contributed by atoms with van der Waals surface area (Å²) in [5.74, 6) is -1.11. The van der Waals surface area contributed by atoms with Crippen molar-refractivity contribution in [2.24, 2.45) is 5.92 Å².